The molecule has 0 bridgehead atoms. The van der Waals surface area contributed by atoms with Crippen LogP contribution in [0.2, 0.25) is 0 Å². The third kappa shape index (κ3) is 3.92. The van der Waals surface area contributed by atoms with E-state index in [4.69, 9.17) is 4.74 Å². The van der Waals surface area contributed by atoms with Crippen molar-refractivity contribution in [3.05, 3.63) is 23.5 Å². The van der Waals surface area contributed by atoms with Gasteiger partial charge in [-0.2, -0.15) is 0 Å². The molecule has 0 radical (unpaired) electrons. The number of hydrogen-bond acceptors (Lipinski definition) is 5. The van der Waals surface area contributed by atoms with Gasteiger partial charge in [-0.25, -0.2) is 9.97 Å². The predicted molar refractivity (Wildman–Crippen MR) is 76.6 cm³/mol. The Bertz CT molecular complexity index is 445. The lowest BCUT2D eigenvalue weighted by molar-refractivity contribution is 0.324. The molecular weight excluding hydrogens is 240 g/mol. The van der Waals surface area contributed by atoms with E-state index >= 15 is 0 Å². The maximum atomic E-state index is 5.46. The van der Waals surface area contributed by atoms with Crippen LogP contribution in [0.25, 0.3) is 0 Å². The van der Waals surface area contributed by atoms with E-state index in [9.17, 15) is 0 Å². The fraction of sp³-hybridized carbons (Fsp3) is 0.571. The van der Waals surface area contributed by atoms with Crippen LogP contribution >= 0.6 is 0 Å². The van der Waals surface area contributed by atoms with E-state index in [1.54, 1.807) is 6.33 Å². The second-order valence-corrected chi connectivity index (χ2v) is 4.58. The number of ether oxygens (including phenoxy) is 1. The fourth-order valence-electron chi connectivity index (χ4n) is 2.13. The van der Waals surface area contributed by atoms with E-state index in [1.807, 2.05) is 13.8 Å². The SMILES string of the molecule is CCOc1ncnc(NCCC2=CCNCC2)c1C. The van der Waals surface area contributed by atoms with E-state index < -0.39 is 0 Å². The minimum Gasteiger partial charge on any atom is -0.478 e. The molecule has 0 saturated heterocycles. The standard InChI is InChI=1S/C14H22N4O/c1-3-19-14-11(2)13(17-10-18-14)16-9-6-12-4-7-15-8-5-12/h4,10,15H,3,5-9H2,1-2H3,(H,16,17,18). The molecule has 0 aliphatic carbocycles. The summed E-state index contributed by atoms with van der Waals surface area (Å²) < 4.78 is 5.46. The van der Waals surface area contributed by atoms with Crippen LogP contribution in [0.5, 0.6) is 5.88 Å². The zero-order valence-electron chi connectivity index (χ0n) is 11.7. The smallest absolute Gasteiger partial charge is 0.221 e. The van der Waals surface area contributed by atoms with Crippen molar-refractivity contribution in [2.45, 2.75) is 26.7 Å². The summed E-state index contributed by atoms with van der Waals surface area (Å²) in [6, 6.07) is 0. The molecule has 0 aromatic carbocycles. The maximum Gasteiger partial charge on any atom is 0.221 e. The Hall–Kier alpha value is -1.62. The quantitative estimate of drug-likeness (QED) is 0.767. The normalized spacial score (nSPS) is 14.9. The van der Waals surface area contributed by atoms with Gasteiger partial charge < -0.3 is 15.4 Å². The summed E-state index contributed by atoms with van der Waals surface area (Å²) in [6.07, 6.45) is 6.04. The first-order chi connectivity index (χ1) is 9.31. The Morgan fingerprint density at radius 2 is 2.32 bits per heavy atom. The largest absolute Gasteiger partial charge is 0.478 e. The van der Waals surface area contributed by atoms with Crippen molar-refractivity contribution in [3.63, 3.8) is 0 Å². The van der Waals surface area contributed by atoms with Crippen LogP contribution in [0.15, 0.2) is 18.0 Å². The Kier molecular flexibility index (Phi) is 5.15. The molecule has 2 rings (SSSR count). The van der Waals surface area contributed by atoms with Gasteiger partial charge in [-0.05, 0) is 33.2 Å². The molecule has 19 heavy (non-hydrogen) atoms. The van der Waals surface area contributed by atoms with Crippen LogP contribution < -0.4 is 15.4 Å². The van der Waals surface area contributed by atoms with Crippen molar-refractivity contribution in [2.75, 3.05) is 31.6 Å². The minimum atomic E-state index is 0.622. The monoisotopic (exact) mass is 262 g/mol. The number of nitrogens with zero attached hydrogens (tertiary/aromatic N) is 2. The van der Waals surface area contributed by atoms with Gasteiger partial charge in [0.1, 0.15) is 12.1 Å². The van der Waals surface area contributed by atoms with Gasteiger partial charge >= 0.3 is 0 Å². The molecule has 1 aromatic heterocycles. The molecule has 0 unspecified atom stereocenters. The van der Waals surface area contributed by atoms with Gasteiger partial charge in [0.05, 0.1) is 12.2 Å². The van der Waals surface area contributed by atoms with E-state index in [2.05, 4.69) is 26.7 Å². The molecule has 2 N–H and O–H groups in total. The minimum absolute atomic E-state index is 0.622. The Labute approximate surface area is 114 Å². The molecule has 0 spiro atoms. The molecule has 0 fully saturated rings. The summed E-state index contributed by atoms with van der Waals surface area (Å²) in [5.74, 6) is 1.54. The first kappa shape index (κ1) is 13.8. The van der Waals surface area contributed by atoms with Crippen molar-refractivity contribution >= 4 is 5.82 Å². The predicted octanol–water partition coefficient (Wildman–Crippen LogP) is 1.91. The molecule has 1 aromatic rings. The maximum absolute atomic E-state index is 5.46. The van der Waals surface area contributed by atoms with Crippen molar-refractivity contribution in [1.29, 1.82) is 0 Å². The molecule has 2 heterocycles. The summed E-state index contributed by atoms with van der Waals surface area (Å²) >= 11 is 0. The Balaban J connectivity index is 1.88. The van der Waals surface area contributed by atoms with Crippen molar-refractivity contribution in [2.24, 2.45) is 0 Å². The van der Waals surface area contributed by atoms with Gasteiger partial charge in [-0.3, -0.25) is 0 Å². The summed E-state index contributed by atoms with van der Waals surface area (Å²) in [6.45, 7) is 7.55. The highest BCUT2D eigenvalue weighted by molar-refractivity contribution is 5.47. The highest BCUT2D eigenvalue weighted by Crippen LogP contribution is 2.20. The second kappa shape index (κ2) is 7.09. The molecule has 5 nitrogen and oxygen atoms in total. The van der Waals surface area contributed by atoms with Crippen molar-refractivity contribution < 1.29 is 4.74 Å². The lowest BCUT2D eigenvalue weighted by Crippen LogP contribution is -2.21. The number of hydrogen-bond donors (Lipinski definition) is 2. The zero-order chi connectivity index (χ0) is 13.5. The van der Waals surface area contributed by atoms with E-state index in [-0.39, 0.29) is 0 Å². The Morgan fingerprint density at radius 3 is 3.05 bits per heavy atom. The Morgan fingerprint density at radius 1 is 1.42 bits per heavy atom. The second-order valence-electron chi connectivity index (χ2n) is 4.58. The molecule has 1 aliphatic heterocycles. The fourth-order valence-corrected chi connectivity index (χ4v) is 2.13. The highest BCUT2D eigenvalue weighted by Gasteiger charge is 2.08. The molecule has 0 amide bonds. The number of nitrogens with one attached hydrogen (secondary N) is 2. The molecule has 0 saturated carbocycles. The van der Waals surface area contributed by atoms with Gasteiger partial charge in [0.15, 0.2) is 0 Å². The van der Waals surface area contributed by atoms with Crippen LogP contribution in [-0.2, 0) is 0 Å². The average Bonchev–Trinajstić information content (AvgIpc) is 2.44. The van der Waals surface area contributed by atoms with Crippen LogP contribution in [0, 0.1) is 6.92 Å². The zero-order valence-corrected chi connectivity index (χ0v) is 11.7. The lowest BCUT2D eigenvalue weighted by atomic mass is 10.1. The van der Waals surface area contributed by atoms with Crippen LogP contribution in [0.4, 0.5) is 5.82 Å². The van der Waals surface area contributed by atoms with E-state index in [0.717, 1.165) is 43.9 Å². The van der Waals surface area contributed by atoms with Crippen LogP contribution in [-0.4, -0.2) is 36.2 Å². The van der Waals surface area contributed by atoms with Gasteiger partial charge in [-0.1, -0.05) is 11.6 Å². The first-order valence-electron chi connectivity index (χ1n) is 6.88. The van der Waals surface area contributed by atoms with Crippen molar-refractivity contribution in [1.82, 2.24) is 15.3 Å². The molecule has 5 heteroatoms. The van der Waals surface area contributed by atoms with Crippen molar-refractivity contribution in [3.8, 4) is 5.88 Å². The summed E-state index contributed by atoms with van der Waals surface area (Å²) in [4.78, 5) is 8.40. The third-order valence-electron chi connectivity index (χ3n) is 3.22. The number of aromatic nitrogens is 2. The number of rotatable bonds is 6. The molecule has 0 atom stereocenters. The average molecular weight is 262 g/mol. The van der Waals surface area contributed by atoms with Gasteiger partial charge in [0.25, 0.3) is 0 Å². The topological polar surface area (TPSA) is 59.1 Å². The van der Waals surface area contributed by atoms with Gasteiger partial charge in [0.2, 0.25) is 5.88 Å². The van der Waals surface area contributed by atoms with Crippen LogP contribution in [0.3, 0.4) is 0 Å². The lowest BCUT2D eigenvalue weighted by Gasteiger charge is -2.15. The van der Waals surface area contributed by atoms with Gasteiger partial charge in [0, 0.05) is 13.1 Å². The molecule has 1 aliphatic rings. The summed E-state index contributed by atoms with van der Waals surface area (Å²) in [5.41, 5.74) is 2.49. The highest BCUT2D eigenvalue weighted by atomic mass is 16.5. The molecular formula is C14H22N4O. The summed E-state index contributed by atoms with van der Waals surface area (Å²) in [7, 11) is 0. The third-order valence-corrected chi connectivity index (χ3v) is 3.22. The van der Waals surface area contributed by atoms with Gasteiger partial charge in [-0.15, -0.1) is 0 Å². The number of anilines is 1. The van der Waals surface area contributed by atoms with E-state index in [0.29, 0.717) is 12.5 Å². The molecule has 104 valence electrons. The van der Waals surface area contributed by atoms with E-state index in [1.165, 1.54) is 5.57 Å². The van der Waals surface area contributed by atoms with Crippen LogP contribution in [0.1, 0.15) is 25.3 Å². The first-order valence-corrected chi connectivity index (χ1v) is 6.88. The summed E-state index contributed by atoms with van der Waals surface area (Å²) in [5, 5.41) is 6.69.